The number of aliphatic carboxylic acids is 1. The number of nitrogens with zero attached hydrogens (tertiary/aromatic N) is 3. The first-order valence-corrected chi connectivity index (χ1v) is 12.1. The maximum Gasteiger partial charge on any atom is 0.309 e. The van der Waals surface area contributed by atoms with E-state index in [0.717, 1.165) is 43.6 Å². The van der Waals surface area contributed by atoms with Gasteiger partial charge < -0.3 is 9.63 Å². The lowest BCUT2D eigenvalue weighted by atomic mass is 9.80. The fourth-order valence-electron chi connectivity index (χ4n) is 4.05. The van der Waals surface area contributed by atoms with E-state index in [4.69, 9.17) is 4.52 Å². The quantitative estimate of drug-likeness (QED) is 0.387. The van der Waals surface area contributed by atoms with E-state index in [2.05, 4.69) is 68.8 Å². The van der Waals surface area contributed by atoms with Gasteiger partial charge in [-0.3, -0.25) is 9.69 Å². The van der Waals surface area contributed by atoms with E-state index in [1.54, 1.807) is 0 Å². The average molecular weight is 545 g/mol. The second-order valence-electron chi connectivity index (χ2n) is 8.82. The lowest BCUT2D eigenvalue weighted by Gasteiger charge is -2.36. The third-order valence-electron chi connectivity index (χ3n) is 6.34. The molecule has 7 heteroatoms. The second kappa shape index (κ2) is 9.70. The molecular formula is C25H28IN3O3. The Morgan fingerprint density at radius 1 is 1.16 bits per heavy atom. The van der Waals surface area contributed by atoms with E-state index in [-0.39, 0.29) is 0 Å². The van der Waals surface area contributed by atoms with Gasteiger partial charge in [0.15, 0.2) is 0 Å². The van der Waals surface area contributed by atoms with Crippen LogP contribution in [-0.4, -0.2) is 39.2 Å². The molecular weight excluding hydrogens is 517 g/mol. The van der Waals surface area contributed by atoms with Gasteiger partial charge in [-0.2, -0.15) is 4.98 Å². The van der Waals surface area contributed by atoms with Crippen LogP contribution in [0.15, 0.2) is 47.0 Å². The number of benzene rings is 2. The number of aromatic nitrogens is 2. The smallest absolute Gasteiger partial charge is 0.309 e. The molecule has 0 aliphatic carbocycles. The summed E-state index contributed by atoms with van der Waals surface area (Å²) in [7, 11) is 0. The number of likely N-dealkylation sites (tertiary alicyclic amines) is 1. The zero-order chi connectivity index (χ0) is 22.7. The van der Waals surface area contributed by atoms with Gasteiger partial charge in [-0.05, 0) is 85.1 Å². The molecule has 32 heavy (non-hydrogen) atoms. The van der Waals surface area contributed by atoms with Gasteiger partial charge in [-0.25, -0.2) is 0 Å². The van der Waals surface area contributed by atoms with Gasteiger partial charge in [-0.1, -0.05) is 48.8 Å². The van der Waals surface area contributed by atoms with E-state index in [0.29, 0.717) is 24.6 Å². The molecule has 1 aromatic heterocycles. The van der Waals surface area contributed by atoms with Crippen LogP contribution in [0.1, 0.15) is 44.2 Å². The largest absolute Gasteiger partial charge is 0.481 e. The molecule has 0 saturated carbocycles. The van der Waals surface area contributed by atoms with E-state index < -0.39 is 11.4 Å². The molecule has 1 aliphatic rings. The normalized spacial score (nSPS) is 16.2. The van der Waals surface area contributed by atoms with Crippen LogP contribution in [0.2, 0.25) is 0 Å². The molecule has 6 nitrogen and oxygen atoms in total. The molecule has 4 rings (SSSR count). The van der Waals surface area contributed by atoms with Crippen LogP contribution in [0, 0.1) is 8.99 Å². The molecule has 2 heterocycles. The van der Waals surface area contributed by atoms with Crippen molar-refractivity contribution in [3.05, 3.63) is 57.2 Å². The molecule has 168 valence electrons. The van der Waals surface area contributed by atoms with Crippen molar-refractivity contribution in [2.24, 2.45) is 5.41 Å². The Bertz CT molecular complexity index is 1090. The molecule has 0 amide bonds. The molecule has 3 aromatic rings. The van der Waals surface area contributed by atoms with E-state index in [9.17, 15) is 9.90 Å². The third-order valence-corrected chi connectivity index (χ3v) is 7.34. The number of hydrogen-bond donors (Lipinski definition) is 1. The lowest BCUT2D eigenvalue weighted by molar-refractivity contribution is -0.150. The lowest BCUT2D eigenvalue weighted by Crippen LogP contribution is -2.42. The number of carboxylic acid groups (broad SMARTS) is 1. The highest BCUT2D eigenvalue weighted by Gasteiger charge is 2.36. The van der Waals surface area contributed by atoms with Crippen LogP contribution < -0.4 is 0 Å². The van der Waals surface area contributed by atoms with Gasteiger partial charge in [0.25, 0.3) is 5.89 Å². The number of rotatable bonds is 7. The van der Waals surface area contributed by atoms with Gasteiger partial charge >= 0.3 is 5.97 Å². The molecule has 0 radical (unpaired) electrons. The van der Waals surface area contributed by atoms with Crippen molar-refractivity contribution in [2.75, 3.05) is 13.1 Å². The molecule has 0 atom stereocenters. The highest BCUT2D eigenvalue weighted by molar-refractivity contribution is 14.1. The van der Waals surface area contributed by atoms with Gasteiger partial charge in [0.2, 0.25) is 5.82 Å². The Kier molecular flexibility index (Phi) is 6.95. The fraction of sp³-hybridized carbons (Fsp3) is 0.400. The molecule has 0 spiro atoms. The number of piperidine rings is 1. The Hall–Kier alpha value is -2.26. The maximum absolute atomic E-state index is 11.4. The molecule has 1 aliphatic heterocycles. The van der Waals surface area contributed by atoms with Crippen LogP contribution in [0.25, 0.3) is 22.8 Å². The van der Waals surface area contributed by atoms with Crippen LogP contribution in [0.4, 0.5) is 0 Å². The minimum absolute atomic E-state index is 0.528. The molecule has 1 fully saturated rings. The Labute approximate surface area is 202 Å². The number of aryl methyl sites for hydroxylation is 1. The SMILES string of the molecule is CCCc1ccc(-c2nc(-c3ccc(CN4CCC(C)(C(=O)O)CC4)cc3)no2)cc1I. The predicted molar refractivity (Wildman–Crippen MR) is 132 cm³/mol. The highest BCUT2D eigenvalue weighted by atomic mass is 127. The van der Waals surface area contributed by atoms with Crippen LogP contribution >= 0.6 is 22.6 Å². The Morgan fingerprint density at radius 3 is 2.47 bits per heavy atom. The summed E-state index contributed by atoms with van der Waals surface area (Å²) in [5.41, 5.74) is 3.79. The summed E-state index contributed by atoms with van der Waals surface area (Å²) in [6.45, 7) is 6.45. The van der Waals surface area contributed by atoms with Crippen molar-refractivity contribution in [3.8, 4) is 22.8 Å². The monoisotopic (exact) mass is 545 g/mol. The predicted octanol–water partition coefficient (Wildman–Crippen LogP) is 5.65. The number of hydrogen-bond acceptors (Lipinski definition) is 5. The fourth-order valence-corrected chi connectivity index (χ4v) is 4.83. The van der Waals surface area contributed by atoms with E-state index in [1.165, 1.54) is 14.7 Å². The summed E-state index contributed by atoms with van der Waals surface area (Å²) in [6.07, 6.45) is 3.56. The molecule has 0 bridgehead atoms. The number of carbonyl (C=O) groups is 1. The van der Waals surface area contributed by atoms with Crippen LogP contribution in [0.5, 0.6) is 0 Å². The van der Waals surface area contributed by atoms with Crippen LogP contribution in [-0.2, 0) is 17.8 Å². The first kappa shape index (κ1) is 22.9. The van der Waals surface area contributed by atoms with Crippen LogP contribution in [0.3, 0.4) is 0 Å². The topological polar surface area (TPSA) is 79.5 Å². The molecule has 2 aromatic carbocycles. The van der Waals surface area contributed by atoms with Crippen molar-refractivity contribution < 1.29 is 14.4 Å². The zero-order valence-electron chi connectivity index (χ0n) is 18.5. The van der Waals surface area contributed by atoms with Crippen molar-refractivity contribution in [1.29, 1.82) is 0 Å². The second-order valence-corrected chi connectivity index (χ2v) is 9.98. The van der Waals surface area contributed by atoms with E-state index in [1.807, 2.05) is 25.1 Å². The summed E-state index contributed by atoms with van der Waals surface area (Å²) in [4.78, 5) is 18.3. The van der Waals surface area contributed by atoms with Crippen molar-refractivity contribution in [2.45, 2.75) is 46.1 Å². The van der Waals surface area contributed by atoms with Crippen molar-refractivity contribution in [3.63, 3.8) is 0 Å². The summed E-state index contributed by atoms with van der Waals surface area (Å²) in [5, 5.41) is 13.6. The molecule has 1 saturated heterocycles. The molecule has 0 unspecified atom stereocenters. The minimum atomic E-state index is -0.687. The zero-order valence-corrected chi connectivity index (χ0v) is 20.6. The summed E-state index contributed by atoms with van der Waals surface area (Å²) in [5.74, 6) is 0.418. The Morgan fingerprint density at radius 2 is 1.84 bits per heavy atom. The summed E-state index contributed by atoms with van der Waals surface area (Å²) in [6, 6.07) is 14.5. The van der Waals surface area contributed by atoms with Gasteiger partial charge in [0, 0.05) is 21.2 Å². The first-order chi connectivity index (χ1) is 15.4. The standard InChI is InChI=1S/C25H28IN3O3/c1-3-4-18-9-10-20(15-21(18)26)23-27-22(28-32-23)19-7-5-17(6-8-19)16-29-13-11-25(2,12-14-29)24(30)31/h5-10,15H,3-4,11-14,16H2,1-2H3,(H,30,31). The number of halogens is 1. The van der Waals surface area contributed by atoms with Gasteiger partial charge in [0.05, 0.1) is 5.41 Å². The first-order valence-electron chi connectivity index (χ1n) is 11.1. The van der Waals surface area contributed by atoms with E-state index >= 15 is 0 Å². The molecule has 1 N–H and O–H groups in total. The van der Waals surface area contributed by atoms with Gasteiger partial charge in [-0.15, -0.1) is 0 Å². The maximum atomic E-state index is 11.4. The number of carboxylic acids is 1. The van der Waals surface area contributed by atoms with Crippen molar-refractivity contribution in [1.82, 2.24) is 15.0 Å². The summed E-state index contributed by atoms with van der Waals surface area (Å²) < 4.78 is 6.75. The van der Waals surface area contributed by atoms with Gasteiger partial charge in [0.1, 0.15) is 0 Å². The Balaban J connectivity index is 1.40. The minimum Gasteiger partial charge on any atom is -0.481 e. The van der Waals surface area contributed by atoms with Crippen molar-refractivity contribution >= 4 is 28.6 Å². The third kappa shape index (κ3) is 5.04. The average Bonchev–Trinajstić information content (AvgIpc) is 3.28. The highest BCUT2D eigenvalue weighted by Crippen LogP contribution is 2.32. The summed E-state index contributed by atoms with van der Waals surface area (Å²) >= 11 is 2.36.